The number of thioether (sulfide) groups is 1. The number of allylic oxidation sites excluding steroid dienone is 1. The van der Waals surface area contributed by atoms with E-state index in [0.29, 0.717) is 6.54 Å². The van der Waals surface area contributed by atoms with Crippen LogP contribution in [0.4, 0.5) is 0 Å². The van der Waals surface area contributed by atoms with Gasteiger partial charge in [0, 0.05) is 23.2 Å². The Morgan fingerprint density at radius 2 is 2.37 bits per heavy atom. The summed E-state index contributed by atoms with van der Waals surface area (Å²) in [6, 6.07) is 1.85. The Kier molecular flexibility index (Phi) is 3.16. The molecule has 1 atom stereocenters. The van der Waals surface area contributed by atoms with Crippen molar-refractivity contribution < 1.29 is 4.79 Å². The first kappa shape index (κ1) is 12.1. The maximum atomic E-state index is 11.9. The zero-order valence-electron chi connectivity index (χ0n) is 10.2. The monoisotopic (exact) mass is 272 g/mol. The number of amides is 1. The van der Waals surface area contributed by atoms with Gasteiger partial charge >= 0.3 is 0 Å². The summed E-state index contributed by atoms with van der Waals surface area (Å²) >= 11 is 1.55. The molecular formula is C13H12N4OS. The third kappa shape index (κ3) is 2.44. The van der Waals surface area contributed by atoms with E-state index in [2.05, 4.69) is 26.9 Å². The largest absolute Gasteiger partial charge is 0.328 e. The third-order valence-corrected chi connectivity index (χ3v) is 4.20. The predicted octanol–water partition coefficient (Wildman–Crippen LogP) is 1.06. The van der Waals surface area contributed by atoms with Crippen LogP contribution < -0.4 is 5.32 Å². The van der Waals surface area contributed by atoms with Gasteiger partial charge < -0.3 is 5.32 Å². The van der Waals surface area contributed by atoms with Gasteiger partial charge in [-0.25, -0.2) is 9.97 Å². The molecule has 1 aromatic heterocycles. The number of hydrogen-bond donors (Lipinski definition) is 1. The summed E-state index contributed by atoms with van der Waals surface area (Å²) in [6.07, 6.45) is 5.17. The van der Waals surface area contributed by atoms with Crippen molar-refractivity contribution in [2.24, 2.45) is 4.99 Å². The summed E-state index contributed by atoms with van der Waals surface area (Å²) in [4.78, 5) is 24.4. The van der Waals surface area contributed by atoms with E-state index >= 15 is 0 Å². The van der Waals surface area contributed by atoms with Crippen LogP contribution in [0.2, 0.25) is 0 Å². The lowest BCUT2D eigenvalue weighted by Gasteiger charge is -2.22. The first-order valence-electron chi connectivity index (χ1n) is 5.85. The molecule has 0 saturated carbocycles. The number of nitrogens with one attached hydrogen (secondary N) is 1. The Bertz CT molecular complexity index is 594. The van der Waals surface area contributed by atoms with Gasteiger partial charge in [0.25, 0.3) is 0 Å². The number of aliphatic imine (C=N–C) groups is 1. The number of carbonyl (C=O) groups excluding carboxylic acids is 1. The second kappa shape index (κ2) is 4.97. The van der Waals surface area contributed by atoms with Crippen molar-refractivity contribution in [1.29, 1.82) is 0 Å². The molecule has 1 saturated heterocycles. The van der Waals surface area contributed by atoms with E-state index in [1.54, 1.807) is 18.0 Å². The minimum absolute atomic E-state index is 0.0415. The lowest BCUT2D eigenvalue weighted by Crippen LogP contribution is -2.41. The van der Waals surface area contributed by atoms with Crippen molar-refractivity contribution in [3.8, 4) is 0 Å². The minimum atomic E-state index is -0.246. The van der Waals surface area contributed by atoms with Crippen LogP contribution in [-0.2, 0) is 4.79 Å². The fourth-order valence-electron chi connectivity index (χ4n) is 2.00. The molecule has 6 heteroatoms. The summed E-state index contributed by atoms with van der Waals surface area (Å²) in [6.45, 7) is 4.33. The second-order valence-corrected chi connectivity index (χ2v) is 5.38. The Morgan fingerprint density at radius 1 is 1.47 bits per heavy atom. The number of rotatable bonds is 2. The van der Waals surface area contributed by atoms with E-state index in [0.717, 1.165) is 28.4 Å². The fraction of sp³-hybridized carbons (Fsp3) is 0.231. The molecule has 2 aliphatic rings. The van der Waals surface area contributed by atoms with Gasteiger partial charge in [-0.2, -0.15) is 0 Å². The van der Waals surface area contributed by atoms with Crippen molar-refractivity contribution in [3.05, 3.63) is 42.6 Å². The SMILES string of the molecule is C=C1CSC(C2=NCC(c3ccncn3)=C2)C(=O)N1. The average molecular weight is 272 g/mol. The van der Waals surface area contributed by atoms with Crippen LogP contribution in [0.3, 0.4) is 0 Å². The highest BCUT2D eigenvalue weighted by atomic mass is 32.2. The lowest BCUT2D eigenvalue weighted by molar-refractivity contribution is -0.118. The van der Waals surface area contributed by atoms with E-state index in [-0.39, 0.29) is 11.2 Å². The molecule has 96 valence electrons. The van der Waals surface area contributed by atoms with E-state index in [1.807, 2.05) is 12.1 Å². The highest BCUT2D eigenvalue weighted by Crippen LogP contribution is 2.26. The molecule has 1 N–H and O–H groups in total. The zero-order valence-corrected chi connectivity index (χ0v) is 11.0. The normalized spacial score (nSPS) is 22.8. The molecule has 1 amide bonds. The Labute approximate surface area is 114 Å². The lowest BCUT2D eigenvalue weighted by atomic mass is 10.1. The average Bonchev–Trinajstić information content (AvgIpc) is 2.89. The van der Waals surface area contributed by atoms with Gasteiger partial charge in [0.2, 0.25) is 5.91 Å². The third-order valence-electron chi connectivity index (χ3n) is 2.90. The fourth-order valence-corrected chi connectivity index (χ4v) is 2.96. The number of aromatic nitrogens is 2. The molecule has 0 aromatic carbocycles. The predicted molar refractivity (Wildman–Crippen MR) is 75.8 cm³/mol. The van der Waals surface area contributed by atoms with Crippen molar-refractivity contribution >= 4 is 29.0 Å². The zero-order chi connectivity index (χ0) is 13.2. The molecule has 3 heterocycles. The number of carbonyl (C=O) groups is 1. The summed E-state index contributed by atoms with van der Waals surface area (Å²) < 4.78 is 0. The van der Waals surface area contributed by atoms with Gasteiger partial charge in [-0.1, -0.05) is 6.58 Å². The van der Waals surface area contributed by atoms with Gasteiger partial charge in [-0.15, -0.1) is 11.8 Å². The van der Waals surface area contributed by atoms with Crippen LogP contribution in [-0.4, -0.2) is 39.1 Å². The quantitative estimate of drug-likeness (QED) is 0.874. The van der Waals surface area contributed by atoms with E-state index in [4.69, 9.17) is 0 Å². The van der Waals surface area contributed by atoms with Crippen molar-refractivity contribution in [2.75, 3.05) is 12.3 Å². The molecular weight excluding hydrogens is 260 g/mol. The Balaban J connectivity index is 1.79. The Hall–Kier alpha value is -1.95. The van der Waals surface area contributed by atoms with Crippen LogP contribution in [0, 0.1) is 0 Å². The van der Waals surface area contributed by atoms with Crippen LogP contribution in [0.25, 0.3) is 5.57 Å². The van der Waals surface area contributed by atoms with Gasteiger partial charge in [-0.3, -0.25) is 9.79 Å². The smallest absolute Gasteiger partial charge is 0.243 e. The van der Waals surface area contributed by atoms with E-state index in [9.17, 15) is 4.79 Å². The molecule has 2 aliphatic heterocycles. The molecule has 19 heavy (non-hydrogen) atoms. The highest BCUT2D eigenvalue weighted by molar-refractivity contribution is 8.01. The summed E-state index contributed by atoms with van der Waals surface area (Å²) in [5.74, 6) is 0.687. The van der Waals surface area contributed by atoms with E-state index in [1.165, 1.54) is 6.33 Å². The second-order valence-electron chi connectivity index (χ2n) is 4.29. The summed E-state index contributed by atoms with van der Waals surface area (Å²) in [5, 5.41) is 2.53. The minimum Gasteiger partial charge on any atom is -0.328 e. The number of hydrogen-bond acceptors (Lipinski definition) is 5. The standard InChI is InChI=1S/C13H12N4OS/c1-8-6-19-12(13(18)17-8)11-4-9(5-15-11)10-2-3-14-7-16-10/h2-4,7,12H,1,5-6H2,(H,17,18). The van der Waals surface area contributed by atoms with Gasteiger partial charge in [0.1, 0.15) is 11.6 Å². The van der Waals surface area contributed by atoms with Crippen LogP contribution in [0.1, 0.15) is 5.69 Å². The molecule has 5 nitrogen and oxygen atoms in total. The van der Waals surface area contributed by atoms with Crippen LogP contribution >= 0.6 is 11.8 Å². The van der Waals surface area contributed by atoms with Crippen LogP contribution in [0.15, 0.2) is 41.9 Å². The van der Waals surface area contributed by atoms with Crippen molar-refractivity contribution in [1.82, 2.24) is 15.3 Å². The van der Waals surface area contributed by atoms with Gasteiger partial charge in [0.15, 0.2) is 0 Å². The van der Waals surface area contributed by atoms with E-state index < -0.39 is 0 Å². The maximum absolute atomic E-state index is 11.9. The summed E-state index contributed by atoms with van der Waals surface area (Å²) in [7, 11) is 0. The molecule has 0 spiro atoms. The highest BCUT2D eigenvalue weighted by Gasteiger charge is 2.30. The molecule has 0 bridgehead atoms. The first-order valence-corrected chi connectivity index (χ1v) is 6.90. The van der Waals surface area contributed by atoms with Gasteiger partial charge in [-0.05, 0) is 12.1 Å². The Morgan fingerprint density at radius 3 is 3.11 bits per heavy atom. The van der Waals surface area contributed by atoms with Crippen LogP contribution in [0.5, 0.6) is 0 Å². The topological polar surface area (TPSA) is 67.2 Å². The molecule has 1 unspecified atom stereocenters. The summed E-state index contributed by atoms with van der Waals surface area (Å²) in [5.41, 5.74) is 3.45. The molecule has 1 aromatic rings. The molecule has 3 rings (SSSR count). The van der Waals surface area contributed by atoms with Crippen molar-refractivity contribution in [2.45, 2.75) is 5.25 Å². The maximum Gasteiger partial charge on any atom is 0.243 e. The first-order chi connectivity index (χ1) is 9.24. The molecule has 0 aliphatic carbocycles. The number of nitrogens with zero attached hydrogens (tertiary/aromatic N) is 3. The van der Waals surface area contributed by atoms with Crippen molar-refractivity contribution in [3.63, 3.8) is 0 Å². The molecule has 0 radical (unpaired) electrons. The van der Waals surface area contributed by atoms with Gasteiger partial charge in [0.05, 0.1) is 18.0 Å². The molecule has 1 fully saturated rings.